The van der Waals surface area contributed by atoms with Gasteiger partial charge < -0.3 is 26.6 Å². The number of aromatic amines is 1. The van der Waals surface area contributed by atoms with Crippen LogP contribution < -0.4 is 46.3 Å². The third-order valence-corrected chi connectivity index (χ3v) is 13.2. The molecule has 6 heterocycles. The zero-order valence-corrected chi connectivity index (χ0v) is 42.7. The molecule has 5 N–H and O–H groups in total. The van der Waals surface area contributed by atoms with Crippen LogP contribution in [0.1, 0.15) is 22.5 Å². The number of alkyl halides is 1. The second-order valence-electron chi connectivity index (χ2n) is 12.0. The fourth-order valence-corrected chi connectivity index (χ4v) is 9.70. The molecule has 0 bridgehead atoms. The van der Waals surface area contributed by atoms with Gasteiger partial charge in [-0.2, -0.15) is 10.5 Å². The Bertz CT molecular complexity index is 3120. The standard InChI is InChI=1S/C20H11ClN6S3.C10H7Cl2NS.C10H5N5S2.CH2O3.Na/c1-24-17-16(15-9-28-10-25-15)14(6-22)20(27-18(17)23)30-8-13-7-29-19(26-13)11-2-4-12(21)5-3-11;11-5-9-6-14-10(13-9)7-1-3-8(12)4-2-7;1-13-8-7(6-3-17-4-14-6)5(2-11)10(16)15-9(8)12;2-1-4-3;/h2-5,7,9-10H,8H2,(H2,23,27);1-4,6H,5H2;3-4H,(H3,12,15,16);1,3H;/q;;;;+1/p-1. The minimum Gasteiger partial charge on any atom is -0.662 e. The van der Waals surface area contributed by atoms with Crippen LogP contribution in [0.2, 0.25) is 10.0 Å². The number of halogens is 3. The molecule has 0 radical (unpaired) electrons. The number of nitrogens with one attached hydrogen (secondary N) is 1. The summed E-state index contributed by atoms with van der Waals surface area (Å²) in [6, 6.07) is 19.3. The van der Waals surface area contributed by atoms with Gasteiger partial charge in [0.2, 0.25) is 11.4 Å². The van der Waals surface area contributed by atoms with Crippen LogP contribution in [0.15, 0.2) is 86.1 Å². The van der Waals surface area contributed by atoms with Crippen molar-refractivity contribution in [3.8, 4) is 55.8 Å². The van der Waals surface area contributed by atoms with E-state index in [1.54, 1.807) is 33.1 Å². The molecular weight excluding hydrogens is 1030 g/mol. The SMILES string of the molecule is ClCc1csc(-c2ccc(Cl)cc2)n1.O=CO[O-].[C-]#[N+]c1c(N)[nH]c(=S)c(C#N)c1-c1cscn1.[C-]#[N+]c1c(N)nc(SCc2csc(-c3ccc(Cl)cc3)n2)c(C#N)c1-c1cscn1.[Na+]. The number of rotatable bonds is 9. The molecule has 8 aromatic rings. The maximum Gasteiger partial charge on any atom is 1.00 e. The number of anilines is 2. The van der Waals surface area contributed by atoms with Crippen LogP contribution in [-0.2, 0) is 21.3 Å². The molecule has 0 spiro atoms. The summed E-state index contributed by atoms with van der Waals surface area (Å²) in [4.78, 5) is 42.4. The second kappa shape index (κ2) is 26.7. The van der Waals surface area contributed by atoms with E-state index in [1.165, 1.54) is 45.8 Å². The van der Waals surface area contributed by atoms with Gasteiger partial charge in [0.1, 0.15) is 43.5 Å². The van der Waals surface area contributed by atoms with Gasteiger partial charge in [0.25, 0.3) is 6.47 Å². The first kappa shape index (κ1) is 53.3. The number of carbonyl (C=O) groups is 1. The van der Waals surface area contributed by atoms with E-state index < -0.39 is 0 Å². The van der Waals surface area contributed by atoms with Crippen LogP contribution in [0, 0.1) is 40.4 Å². The number of hydrogen-bond acceptors (Lipinski definition) is 18. The number of nitrogens with zero attached hydrogens (tertiary/aromatic N) is 9. The molecule has 2 aromatic carbocycles. The topological polar surface area (TPSA) is 238 Å². The first-order valence-corrected chi connectivity index (χ1v) is 23.9. The Morgan fingerprint density at radius 2 is 1.30 bits per heavy atom. The Labute approximate surface area is 439 Å². The average molecular weight is 1050 g/mol. The van der Waals surface area contributed by atoms with Crippen molar-refractivity contribution in [1.29, 1.82) is 10.5 Å². The number of nitrogen functional groups attached to an aromatic ring is 2. The number of hydrogen-bond donors (Lipinski definition) is 3. The van der Waals surface area contributed by atoms with Crippen molar-refractivity contribution in [2.45, 2.75) is 16.7 Å². The second-order valence-corrected chi connectivity index (χ2v) is 17.6. The fraction of sp³-hybridized carbons (Fsp3) is 0.0488. The maximum absolute atomic E-state index is 9.79. The molecule has 0 aliphatic heterocycles. The summed E-state index contributed by atoms with van der Waals surface area (Å²) in [5, 5.41) is 38.6. The Balaban J connectivity index is 0.000000224. The first-order valence-electron chi connectivity index (χ1n) is 17.5. The maximum atomic E-state index is 9.79. The third-order valence-electron chi connectivity index (χ3n) is 8.03. The Hall–Kier alpha value is -5.31. The van der Waals surface area contributed by atoms with Gasteiger partial charge in [-0.15, -0.1) is 56.9 Å². The van der Waals surface area contributed by atoms with Crippen LogP contribution >= 0.6 is 104 Å². The molecule has 0 aliphatic rings. The fourth-order valence-electron chi connectivity index (χ4n) is 5.23. The van der Waals surface area contributed by atoms with Crippen LogP contribution in [0.4, 0.5) is 23.0 Å². The van der Waals surface area contributed by atoms with Crippen molar-refractivity contribution < 1.29 is 44.5 Å². The van der Waals surface area contributed by atoms with Crippen LogP contribution in [0.5, 0.6) is 0 Å². The molecule has 0 atom stereocenters. The molecule has 0 aliphatic carbocycles. The summed E-state index contributed by atoms with van der Waals surface area (Å²) in [6.45, 7) is 14.4. The monoisotopic (exact) mass is 1050 g/mol. The molecule has 0 fully saturated rings. The molecule has 25 heteroatoms. The van der Waals surface area contributed by atoms with Crippen molar-refractivity contribution in [3.63, 3.8) is 0 Å². The number of carbonyl (C=O) groups excluding carboxylic acids is 1. The van der Waals surface area contributed by atoms with E-state index in [2.05, 4.69) is 50.6 Å². The van der Waals surface area contributed by atoms with Crippen LogP contribution in [0.25, 0.3) is 53.3 Å². The van der Waals surface area contributed by atoms with Gasteiger partial charge in [-0.05, 0) is 24.3 Å². The van der Waals surface area contributed by atoms with Crippen molar-refractivity contribution >= 4 is 134 Å². The van der Waals surface area contributed by atoms with E-state index in [9.17, 15) is 5.26 Å². The van der Waals surface area contributed by atoms with E-state index in [-0.39, 0.29) is 69.2 Å². The largest absolute Gasteiger partial charge is 1.00 e. The van der Waals surface area contributed by atoms with Gasteiger partial charge in [-0.1, -0.05) is 71.4 Å². The van der Waals surface area contributed by atoms with Gasteiger partial charge in [-0.3, -0.25) is 4.79 Å². The van der Waals surface area contributed by atoms with E-state index in [0.717, 1.165) is 37.6 Å². The molecule has 324 valence electrons. The van der Waals surface area contributed by atoms with Gasteiger partial charge >= 0.3 is 29.6 Å². The third kappa shape index (κ3) is 13.9. The summed E-state index contributed by atoms with van der Waals surface area (Å²) in [7, 11) is 0. The van der Waals surface area contributed by atoms with Gasteiger partial charge in [0.15, 0.2) is 0 Å². The Kier molecular flexibility index (Phi) is 21.6. The minimum absolute atomic E-state index is 0. The van der Waals surface area contributed by atoms with Crippen molar-refractivity contribution in [1.82, 2.24) is 29.9 Å². The molecular formula is C41H24Cl3N12NaO3S6. The van der Waals surface area contributed by atoms with Crippen LogP contribution in [0.3, 0.4) is 0 Å². The quantitative estimate of drug-likeness (QED) is 0.0179. The molecule has 8 rings (SSSR count). The number of nitriles is 2. The molecule has 15 nitrogen and oxygen atoms in total. The zero-order chi connectivity index (χ0) is 46.9. The van der Waals surface area contributed by atoms with Crippen molar-refractivity contribution in [3.05, 3.63) is 141 Å². The van der Waals surface area contributed by atoms with Gasteiger partial charge in [0.05, 0.1) is 63.9 Å². The van der Waals surface area contributed by atoms with Gasteiger partial charge in [-0.25, -0.2) is 34.6 Å². The molecule has 0 saturated heterocycles. The number of aromatic nitrogens is 6. The number of H-pyrrole nitrogens is 1. The van der Waals surface area contributed by atoms with Crippen molar-refractivity contribution in [2.75, 3.05) is 11.5 Å². The van der Waals surface area contributed by atoms with E-state index in [1.807, 2.05) is 65.4 Å². The Morgan fingerprint density at radius 1 is 0.818 bits per heavy atom. The predicted molar refractivity (Wildman–Crippen MR) is 260 cm³/mol. The van der Waals surface area contributed by atoms with Crippen LogP contribution in [-0.4, -0.2) is 36.4 Å². The average Bonchev–Trinajstić information content (AvgIpc) is 4.18. The minimum atomic E-state index is -0.181. The summed E-state index contributed by atoms with van der Waals surface area (Å²) < 4.78 is 0.223. The molecule has 66 heavy (non-hydrogen) atoms. The van der Waals surface area contributed by atoms with E-state index >= 15 is 0 Å². The molecule has 0 saturated carbocycles. The number of benzene rings is 2. The summed E-state index contributed by atoms with van der Waals surface area (Å²) >= 11 is 29.7. The number of thioether (sulfide) groups is 1. The first-order chi connectivity index (χ1) is 31.5. The molecule has 0 unspecified atom stereocenters. The van der Waals surface area contributed by atoms with E-state index in [0.29, 0.717) is 49.8 Å². The normalized spacial score (nSPS) is 9.76. The molecule has 6 aromatic heterocycles. The smallest absolute Gasteiger partial charge is 0.662 e. The summed E-state index contributed by atoms with van der Waals surface area (Å²) in [5.74, 6) is 1.23. The number of nitrogens with two attached hydrogens (primary N) is 2. The predicted octanol–water partition coefficient (Wildman–Crippen LogP) is 8.79. The molecule has 0 amide bonds. The Morgan fingerprint density at radius 3 is 1.73 bits per heavy atom. The van der Waals surface area contributed by atoms with E-state index in [4.69, 9.17) is 86.9 Å². The summed E-state index contributed by atoms with van der Waals surface area (Å²) in [5.41, 5.74) is 21.7. The number of pyridine rings is 2. The zero-order valence-electron chi connectivity index (χ0n) is 33.6. The van der Waals surface area contributed by atoms with Crippen molar-refractivity contribution in [2.24, 2.45) is 0 Å². The summed E-state index contributed by atoms with van der Waals surface area (Å²) in [6.07, 6.45) is 0. The van der Waals surface area contributed by atoms with Gasteiger partial charge in [0, 0.05) is 59.6 Å². The number of thiazole rings is 4.